The Balaban J connectivity index is 1.51. The Hall–Kier alpha value is -3.41. The molecule has 0 saturated heterocycles. The molecule has 1 aliphatic rings. The lowest BCUT2D eigenvalue weighted by Gasteiger charge is -2.19. The van der Waals surface area contributed by atoms with Crippen molar-refractivity contribution >= 4 is 16.8 Å². The first kappa shape index (κ1) is 18.6. The predicted octanol–water partition coefficient (Wildman–Crippen LogP) is 4.20. The molecule has 1 atom stereocenters. The Kier molecular flexibility index (Phi) is 5.05. The lowest BCUT2D eigenvalue weighted by Crippen LogP contribution is -2.32. The second-order valence-corrected chi connectivity index (χ2v) is 7.89. The highest BCUT2D eigenvalue weighted by molar-refractivity contribution is 5.94. The fourth-order valence-electron chi connectivity index (χ4n) is 4.32. The number of H-pyrrole nitrogens is 1. The van der Waals surface area contributed by atoms with Crippen molar-refractivity contribution in [2.75, 3.05) is 0 Å². The van der Waals surface area contributed by atoms with Crippen molar-refractivity contribution < 1.29 is 4.79 Å². The number of benzene rings is 2. The van der Waals surface area contributed by atoms with Gasteiger partial charge in [0.15, 0.2) is 5.82 Å². The van der Waals surface area contributed by atoms with Gasteiger partial charge in [-0.1, -0.05) is 42.8 Å². The van der Waals surface area contributed by atoms with Gasteiger partial charge in [0.2, 0.25) is 0 Å². The van der Waals surface area contributed by atoms with Crippen LogP contribution in [0.25, 0.3) is 10.9 Å². The first-order valence-corrected chi connectivity index (χ1v) is 10.6. The van der Waals surface area contributed by atoms with E-state index in [0.717, 1.165) is 48.5 Å². The third-order valence-corrected chi connectivity index (χ3v) is 5.89. The number of para-hydroxylation sites is 1. The van der Waals surface area contributed by atoms with Gasteiger partial charge in [0.05, 0.1) is 6.04 Å². The standard InChI is InChI=1S/C24H25N5O/c30-24(17-9-3-1-4-10-17)26-21(15-18-16-25-20-12-7-6-11-19(18)20)23-28-27-22-13-5-2-8-14-29(22)23/h1,3-4,6-7,9-12,16,21,25H,2,5,8,13-15H2,(H,26,30)/t21-/m0/s1. The van der Waals surface area contributed by atoms with Gasteiger partial charge in [-0.3, -0.25) is 4.79 Å². The molecule has 1 amide bonds. The Morgan fingerprint density at radius 3 is 2.77 bits per heavy atom. The monoisotopic (exact) mass is 399 g/mol. The molecule has 0 radical (unpaired) electrons. The molecule has 6 heteroatoms. The summed E-state index contributed by atoms with van der Waals surface area (Å²) in [5.41, 5.74) is 2.91. The van der Waals surface area contributed by atoms with Crippen LogP contribution in [0.2, 0.25) is 0 Å². The molecule has 0 saturated carbocycles. The number of amides is 1. The lowest BCUT2D eigenvalue weighted by atomic mass is 10.0. The highest BCUT2D eigenvalue weighted by Crippen LogP contribution is 2.26. The number of carbonyl (C=O) groups is 1. The van der Waals surface area contributed by atoms with E-state index in [-0.39, 0.29) is 11.9 Å². The molecule has 0 fully saturated rings. The fraction of sp³-hybridized carbons (Fsp3) is 0.292. The SMILES string of the molecule is O=C(N[C@@H](Cc1c[nH]c2ccccc12)c1nnc2n1CCCCC2)c1ccccc1. The van der Waals surface area contributed by atoms with E-state index in [4.69, 9.17) is 0 Å². The zero-order valence-electron chi connectivity index (χ0n) is 16.8. The highest BCUT2D eigenvalue weighted by atomic mass is 16.1. The van der Waals surface area contributed by atoms with Gasteiger partial charge in [-0.2, -0.15) is 0 Å². The van der Waals surface area contributed by atoms with Crippen molar-refractivity contribution in [1.29, 1.82) is 0 Å². The Morgan fingerprint density at radius 2 is 1.87 bits per heavy atom. The summed E-state index contributed by atoms with van der Waals surface area (Å²) in [6, 6.07) is 17.3. The molecule has 0 unspecified atom stereocenters. The summed E-state index contributed by atoms with van der Waals surface area (Å²) in [5, 5.41) is 13.4. The average Bonchev–Trinajstić information content (AvgIpc) is 3.30. The quantitative estimate of drug-likeness (QED) is 0.528. The topological polar surface area (TPSA) is 75.6 Å². The number of nitrogens with zero attached hydrogens (tertiary/aromatic N) is 3. The number of rotatable bonds is 5. The molecule has 0 aliphatic carbocycles. The minimum Gasteiger partial charge on any atom is -0.361 e. The fourth-order valence-corrected chi connectivity index (χ4v) is 4.32. The van der Waals surface area contributed by atoms with Gasteiger partial charge in [-0.15, -0.1) is 10.2 Å². The van der Waals surface area contributed by atoms with E-state index in [1.807, 2.05) is 48.7 Å². The summed E-state index contributed by atoms with van der Waals surface area (Å²) in [4.78, 5) is 16.3. The van der Waals surface area contributed by atoms with Crippen molar-refractivity contribution in [2.24, 2.45) is 0 Å². The Morgan fingerprint density at radius 1 is 1.03 bits per heavy atom. The predicted molar refractivity (Wildman–Crippen MR) is 116 cm³/mol. The minimum atomic E-state index is -0.253. The smallest absolute Gasteiger partial charge is 0.251 e. The van der Waals surface area contributed by atoms with Gasteiger partial charge in [-0.05, 0) is 36.6 Å². The van der Waals surface area contributed by atoms with Crippen LogP contribution < -0.4 is 5.32 Å². The van der Waals surface area contributed by atoms with Gasteiger partial charge in [-0.25, -0.2) is 0 Å². The number of fused-ring (bicyclic) bond motifs is 2. The molecule has 5 rings (SSSR count). The molecule has 2 N–H and O–H groups in total. The summed E-state index contributed by atoms with van der Waals surface area (Å²) in [5.74, 6) is 1.79. The number of aromatic nitrogens is 4. The van der Waals surface area contributed by atoms with Crippen LogP contribution in [0.4, 0.5) is 0 Å². The van der Waals surface area contributed by atoms with Gasteiger partial charge in [0.25, 0.3) is 5.91 Å². The minimum absolute atomic E-state index is 0.0913. The molecular formula is C24H25N5O. The Bertz CT molecular complexity index is 1160. The van der Waals surface area contributed by atoms with E-state index >= 15 is 0 Å². The number of aryl methyl sites for hydroxylation is 1. The molecule has 0 spiro atoms. The van der Waals surface area contributed by atoms with E-state index in [2.05, 4.69) is 37.2 Å². The van der Waals surface area contributed by atoms with Crippen molar-refractivity contribution in [3.63, 3.8) is 0 Å². The summed E-state index contributed by atoms with van der Waals surface area (Å²) in [7, 11) is 0. The van der Waals surface area contributed by atoms with Crippen molar-refractivity contribution in [3.8, 4) is 0 Å². The van der Waals surface area contributed by atoms with Crippen LogP contribution in [0.3, 0.4) is 0 Å². The third kappa shape index (κ3) is 3.61. The molecule has 2 aromatic carbocycles. The molecular weight excluding hydrogens is 374 g/mol. The summed E-state index contributed by atoms with van der Waals surface area (Å²) < 4.78 is 2.22. The first-order chi connectivity index (χ1) is 14.8. The van der Waals surface area contributed by atoms with Gasteiger partial charge < -0.3 is 14.9 Å². The maximum atomic E-state index is 13.0. The van der Waals surface area contributed by atoms with Crippen LogP contribution in [-0.4, -0.2) is 25.7 Å². The van der Waals surface area contributed by atoms with Crippen LogP contribution in [0, 0.1) is 0 Å². The molecule has 152 valence electrons. The molecule has 2 aromatic heterocycles. The number of aromatic amines is 1. The number of hydrogen-bond acceptors (Lipinski definition) is 3. The molecule has 6 nitrogen and oxygen atoms in total. The van der Waals surface area contributed by atoms with Crippen LogP contribution >= 0.6 is 0 Å². The summed E-state index contributed by atoms with van der Waals surface area (Å²) in [6.07, 6.45) is 7.09. The zero-order chi connectivity index (χ0) is 20.3. The van der Waals surface area contributed by atoms with Crippen LogP contribution in [0.15, 0.2) is 60.8 Å². The first-order valence-electron chi connectivity index (χ1n) is 10.6. The van der Waals surface area contributed by atoms with E-state index in [9.17, 15) is 4.79 Å². The average molecular weight is 399 g/mol. The van der Waals surface area contributed by atoms with E-state index in [0.29, 0.717) is 12.0 Å². The molecule has 30 heavy (non-hydrogen) atoms. The van der Waals surface area contributed by atoms with Crippen molar-refractivity contribution in [2.45, 2.75) is 44.7 Å². The van der Waals surface area contributed by atoms with Gasteiger partial charge in [0, 0.05) is 42.0 Å². The van der Waals surface area contributed by atoms with Crippen LogP contribution in [0.5, 0.6) is 0 Å². The van der Waals surface area contributed by atoms with E-state index < -0.39 is 0 Å². The van der Waals surface area contributed by atoms with Gasteiger partial charge >= 0.3 is 0 Å². The highest BCUT2D eigenvalue weighted by Gasteiger charge is 2.25. The molecule has 0 bridgehead atoms. The maximum absolute atomic E-state index is 13.0. The van der Waals surface area contributed by atoms with Crippen LogP contribution in [-0.2, 0) is 19.4 Å². The van der Waals surface area contributed by atoms with Crippen molar-refractivity contribution in [1.82, 2.24) is 25.1 Å². The van der Waals surface area contributed by atoms with Gasteiger partial charge in [0.1, 0.15) is 5.82 Å². The Labute approximate surface area is 175 Å². The molecule has 3 heterocycles. The second-order valence-electron chi connectivity index (χ2n) is 7.89. The van der Waals surface area contributed by atoms with E-state index in [1.165, 1.54) is 11.8 Å². The lowest BCUT2D eigenvalue weighted by molar-refractivity contribution is 0.0934. The van der Waals surface area contributed by atoms with Crippen molar-refractivity contribution in [3.05, 3.63) is 83.6 Å². The van der Waals surface area contributed by atoms with Crippen LogP contribution in [0.1, 0.15) is 52.9 Å². The summed E-state index contributed by atoms with van der Waals surface area (Å²) in [6.45, 7) is 0.906. The molecule has 4 aromatic rings. The normalized spacial score (nSPS) is 14.8. The third-order valence-electron chi connectivity index (χ3n) is 5.89. The molecule has 1 aliphatic heterocycles. The number of hydrogen-bond donors (Lipinski definition) is 2. The maximum Gasteiger partial charge on any atom is 0.251 e. The summed E-state index contributed by atoms with van der Waals surface area (Å²) >= 11 is 0. The number of carbonyl (C=O) groups excluding carboxylic acids is 1. The largest absolute Gasteiger partial charge is 0.361 e. The number of nitrogens with one attached hydrogen (secondary N) is 2. The zero-order valence-corrected chi connectivity index (χ0v) is 16.8. The van der Waals surface area contributed by atoms with E-state index in [1.54, 1.807) is 0 Å². The second kappa shape index (κ2) is 8.14.